The van der Waals surface area contributed by atoms with Crippen LogP contribution in [0.1, 0.15) is 30.9 Å². The molecule has 0 aliphatic heterocycles. The lowest BCUT2D eigenvalue weighted by atomic mass is 9.83. The van der Waals surface area contributed by atoms with Gasteiger partial charge in [0.2, 0.25) is 0 Å². The van der Waals surface area contributed by atoms with Gasteiger partial charge in [-0.25, -0.2) is 4.98 Å². The molecule has 0 atom stereocenters. The Labute approximate surface area is 78.0 Å². The standard InChI is InChI=1S/C7H9BrN2S/c8-7-10-5(6(9)11-7)4-2-1-3-4/h4H,1-3,9H2. The van der Waals surface area contributed by atoms with E-state index in [1.807, 2.05) is 0 Å². The molecular formula is C7H9BrN2S. The van der Waals surface area contributed by atoms with Crippen LogP contribution in [-0.2, 0) is 0 Å². The van der Waals surface area contributed by atoms with Crippen LogP contribution in [0.2, 0.25) is 0 Å². The molecule has 1 aromatic rings. The molecule has 1 heterocycles. The van der Waals surface area contributed by atoms with Gasteiger partial charge in [0.25, 0.3) is 0 Å². The van der Waals surface area contributed by atoms with Crippen molar-refractivity contribution in [3.8, 4) is 0 Å². The molecule has 0 spiro atoms. The Balaban J connectivity index is 2.28. The van der Waals surface area contributed by atoms with Crippen molar-refractivity contribution in [3.63, 3.8) is 0 Å². The number of rotatable bonds is 1. The number of anilines is 1. The average Bonchev–Trinajstić information content (AvgIpc) is 2.07. The summed E-state index contributed by atoms with van der Waals surface area (Å²) in [6.45, 7) is 0. The SMILES string of the molecule is Nc1sc(Br)nc1C1CCC1. The Bertz CT molecular complexity index is 267. The van der Waals surface area contributed by atoms with Crippen LogP contribution in [0.4, 0.5) is 5.00 Å². The molecule has 11 heavy (non-hydrogen) atoms. The summed E-state index contributed by atoms with van der Waals surface area (Å²) in [6, 6.07) is 0. The highest BCUT2D eigenvalue weighted by Gasteiger charge is 2.24. The summed E-state index contributed by atoms with van der Waals surface area (Å²) in [6.07, 6.45) is 3.86. The molecule has 2 nitrogen and oxygen atoms in total. The minimum atomic E-state index is 0.651. The fraction of sp³-hybridized carbons (Fsp3) is 0.571. The summed E-state index contributed by atoms with van der Waals surface area (Å²) in [5.74, 6) is 0.651. The minimum absolute atomic E-state index is 0.651. The van der Waals surface area contributed by atoms with Gasteiger partial charge in [0, 0.05) is 5.92 Å². The topological polar surface area (TPSA) is 38.9 Å². The fourth-order valence-corrected chi connectivity index (χ4v) is 2.65. The van der Waals surface area contributed by atoms with Gasteiger partial charge in [-0.3, -0.25) is 0 Å². The van der Waals surface area contributed by atoms with Crippen molar-refractivity contribution < 1.29 is 0 Å². The normalized spacial score (nSPS) is 18.3. The van der Waals surface area contributed by atoms with Crippen LogP contribution in [0.3, 0.4) is 0 Å². The summed E-state index contributed by atoms with van der Waals surface area (Å²) in [5.41, 5.74) is 6.90. The van der Waals surface area contributed by atoms with Crippen molar-refractivity contribution in [1.82, 2.24) is 4.98 Å². The maximum absolute atomic E-state index is 5.78. The predicted molar refractivity (Wildman–Crippen MR) is 50.8 cm³/mol. The Hall–Kier alpha value is -0.0900. The van der Waals surface area contributed by atoms with Gasteiger partial charge in [0.15, 0.2) is 3.92 Å². The Kier molecular flexibility index (Phi) is 1.89. The average molecular weight is 233 g/mol. The number of halogens is 1. The first-order chi connectivity index (χ1) is 5.27. The van der Waals surface area contributed by atoms with E-state index in [0.717, 1.165) is 14.6 Å². The van der Waals surface area contributed by atoms with Crippen LogP contribution in [0.5, 0.6) is 0 Å². The molecule has 1 aliphatic carbocycles. The third-order valence-corrected chi connectivity index (χ3v) is 3.50. The van der Waals surface area contributed by atoms with Crippen LogP contribution in [0, 0.1) is 0 Å². The van der Waals surface area contributed by atoms with Crippen LogP contribution < -0.4 is 5.73 Å². The van der Waals surface area contributed by atoms with E-state index in [4.69, 9.17) is 5.73 Å². The molecule has 1 aromatic heterocycles. The van der Waals surface area contributed by atoms with E-state index in [2.05, 4.69) is 20.9 Å². The van der Waals surface area contributed by atoms with E-state index in [9.17, 15) is 0 Å². The van der Waals surface area contributed by atoms with Crippen LogP contribution in [-0.4, -0.2) is 4.98 Å². The second-order valence-electron chi connectivity index (χ2n) is 2.84. The second-order valence-corrected chi connectivity index (χ2v) is 5.15. The summed E-state index contributed by atoms with van der Waals surface area (Å²) >= 11 is 4.86. The van der Waals surface area contributed by atoms with Gasteiger partial charge in [0.1, 0.15) is 5.00 Å². The largest absolute Gasteiger partial charge is 0.389 e. The quantitative estimate of drug-likeness (QED) is 0.809. The summed E-state index contributed by atoms with van der Waals surface area (Å²) < 4.78 is 0.914. The third kappa shape index (κ3) is 1.29. The number of hydrogen-bond acceptors (Lipinski definition) is 3. The number of aromatic nitrogens is 1. The maximum Gasteiger partial charge on any atom is 0.161 e. The van der Waals surface area contributed by atoms with Crippen molar-refractivity contribution in [3.05, 3.63) is 9.61 Å². The lowest BCUT2D eigenvalue weighted by Gasteiger charge is -2.23. The lowest BCUT2D eigenvalue weighted by Crippen LogP contribution is -2.10. The highest BCUT2D eigenvalue weighted by Crippen LogP contribution is 2.41. The minimum Gasteiger partial charge on any atom is -0.389 e. The maximum atomic E-state index is 5.78. The van der Waals surface area contributed by atoms with Gasteiger partial charge in [-0.15, -0.1) is 0 Å². The van der Waals surface area contributed by atoms with E-state index >= 15 is 0 Å². The van der Waals surface area contributed by atoms with Gasteiger partial charge < -0.3 is 5.73 Å². The first kappa shape index (κ1) is 7.55. The van der Waals surface area contributed by atoms with Crippen molar-refractivity contribution >= 4 is 32.3 Å². The predicted octanol–water partition coefficient (Wildman–Crippen LogP) is 2.76. The highest BCUT2D eigenvalue weighted by molar-refractivity contribution is 9.11. The smallest absolute Gasteiger partial charge is 0.161 e. The molecule has 0 bridgehead atoms. The van der Waals surface area contributed by atoms with Crippen molar-refractivity contribution in [2.24, 2.45) is 0 Å². The molecule has 1 fully saturated rings. The van der Waals surface area contributed by atoms with E-state index in [0.29, 0.717) is 5.92 Å². The zero-order valence-electron chi connectivity index (χ0n) is 6.01. The molecule has 0 radical (unpaired) electrons. The van der Waals surface area contributed by atoms with Crippen LogP contribution >= 0.6 is 27.3 Å². The van der Waals surface area contributed by atoms with Gasteiger partial charge in [-0.1, -0.05) is 17.8 Å². The lowest BCUT2D eigenvalue weighted by molar-refractivity contribution is 0.413. The van der Waals surface area contributed by atoms with Crippen molar-refractivity contribution in [2.45, 2.75) is 25.2 Å². The molecule has 4 heteroatoms. The number of nitrogens with two attached hydrogens (primary N) is 1. The first-order valence-electron chi connectivity index (χ1n) is 3.69. The summed E-state index contributed by atoms with van der Waals surface area (Å²) in [4.78, 5) is 4.34. The zero-order chi connectivity index (χ0) is 7.84. The van der Waals surface area contributed by atoms with E-state index in [-0.39, 0.29) is 0 Å². The summed E-state index contributed by atoms with van der Waals surface area (Å²) in [5, 5.41) is 0.890. The molecular weight excluding hydrogens is 224 g/mol. The monoisotopic (exact) mass is 232 g/mol. The Morgan fingerprint density at radius 2 is 2.27 bits per heavy atom. The third-order valence-electron chi connectivity index (χ3n) is 2.15. The Morgan fingerprint density at radius 3 is 2.64 bits per heavy atom. The van der Waals surface area contributed by atoms with E-state index in [1.165, 1.54) is 30.6 Å². The number of hydrogen-bond donors (Lipinski definition) is 1. The number of thiazole rings is 1. The summed E-state index contributed by atoms with van der Waals surface area (Å²) in [7, 11) is 0. The molecule has 1 saturated carbocycles. The molecule has 60 valence electrons. The molecule has 0 amide bonds. The van der Waals surface area contributed by atoms with Gasteiger partial charge in [0.05, 0.1) is 5.69 Å². The molecule has 1 aliphatic rings. The van der Waals surface area contributed by atoms with Gasteiger partial charge in [-0.05, 0) is 28.8 Å². The van der Waals surface area contributed by atoms with Crippen molar-refractivity contribution in [2.75, 3.05) is 5.73 Å². The van der Waals surface area contributed by atoms with Crippen LogP contribution in [0.15, 0.2) is 3.92 Å². The molecule has 0 saturated heterocycles. The van der Waals surface area contributed by atoms with E-state index < -0.39 is 0 Å². The fourth-order valence-electron chi connectivity index (χ4n) is 1.29. The molecule has 2 N–H and O–H groups in total. The number of nitrogens with zero attached hydrogens (tertiary/aromatic N) is 1. The second kappa shape index (κ2) is 2.75. The molecule has 0 unspecified atom stereocenters. The van der Waals surface area contributed by atoms with Gasteiger partial charge >= 0.3 is 0 Å². The van der Waals surface area contributed by atoms with Crippen LogP contribution in [0.25, 0.3) is 0 Å². The number of nitrogen functional groups attached to an aromatic ring is 1. The highest BCUT2D eigenvalue weighted by atomic mass is 79.9. The van der Waals surface area contributed by atoms with E-state index in [1.54, 1.807) is 0 Å². The molecule has 0 aromatic carbocycles. The zero-order valence-corrected chi connectivity index (χ0v) is 8.41. The first-order valence-corrected chi connectivity index (χ1v) is 5.30. The van der Waals surface area contributed by atoms with Crippen molar-refractivity contribution in [1.29, 1.82) is 0 Å². The molecule has 2 rings (SSSR count). The Morgan fingerprint density at radius 1 is 1.55 bits per heavy atom. The van der Waals surface area contributed by atoms with Gasteiger partial charge in [-0.2, -0.15) is 0 Å².